The highest BCUT2D eigenvalue weighted by molar-refractivity contribution is 6.00. The van der Waals surface area contributed by atoms with E-state index in [0.717, 1.165) is 47.6 Å². The number of nitrogens with zero attached hydrogens (tertiary/aromatic N) is 5. The molecular weight excluding hydrogens is 266 g/mol. The van der Waals surface area contributed by atoms with Crippen molar-refractivity contribution >= 4 is 17.6 Å². The van der Waals surface area contributed by atoms with Crippen LogP contribution in [0.5, 0.6) is 0 Å². The predicted octanol–water partition coefficient (Wildman–Crippen LogP) is 2.30. The van der Waals surface area contributed by atoms with Crippen molar-refractivity contribution in [1.29, 1.82) is 0 Å². The van der Waals surface area contributed by atoms with Crippen molar-refractivity contribution in [3.05, 3.63) is 41.2 Å². The van der Waals surface area contributed by atoms with E-state index in [1.807, 2.05) is 26.2 Å². The van der Waals surface area contributed by atoms with Gasteiger partial charge in [0.2, 0.25) is 0 Å². The lowest BCUT2D eigenvalue weighted by atomic mass is 9.99. The quantitative estimate of drug-likeness (QED) is 0.640. The Hall–Kier alpha value is -2.50. The SMILES string of the molecule is CN(C)c1ccc(C=NN=C2CCCc3nonc32)cc1. The summed E-state index contributed by atoms with van der Waals surface area (Å²) in [5.41, 5.74) is 4.65. The minimum absolute atomic E-state index is 0.751. The summed E-state index contributed by atoms with van der Waals surface area (Å²) < 4.78 is 4.76. The monoisotopic (exact) mass is 283 g/mol. The first-order chi connectivity index (χ1) is 10.2. The van der Waals surface area contributed by atoms with Crippen LogP contribution in [-0.2, 0) is 6.42 Å². The first-order valence-electron chi connectivity index (χ1n) is 6.93. The third-order valence-electron chi connectivity index (χ3n) is 3.45. The Morgan fingerprint density at radius 1 is 1.14 bits per heavy atom. The van der Waals surface area contributed by atoms with Crippen LogP contribution >= 0.6 is 0 Å². The van der Waals surface area contributed by atoms with E-state index in [2.05, 4.69) is 37.5 Å². The molecule has 1 aliphatic rings. The molecule has 0 radical (unpaired) electrons. The van der Waals surface area contributed by atoms with Crippen molar-refractivity contribution in [3.8, 4) is 0 Å². The second kappa shape index (κ2) is 5.87. The van der Waals surface area contributed by atoms with Crippen molar-refractivity contribution in [1.82, 2.24) is 10.3 Å². The number of anilines is 1. The molecule has 0 saturated heterocycles. The number of aryl methyl sites for hydroxylation is 1. The minimum Gasteiger partial charge on any atom is -0.378 e. The van der Waals surface area contributed by atoms with Crippen LogP contribution in [0.25, 0.3) is 0 Å². The number of fused-ring (bicyclic) bond motifs is 1. The number of hydrogen-bond donors (Lipinski definition) is 0. The average Bonchev–Trinajstić information content (AvgIpc) is 2.97. The molecule has 21 heavy (non-hydrogen) atoms. The second-order valence-corrected chi connectivity index (χ2v) is 5.19. The van der Waals surface area contributed by atoms with Gasteiger partial charge in [0.15, 0.2) is 5.69 Å². The Labute approximate surface area is 123 Å². The zero-order chi connectivity index (χ0) is 14.7. The average molecular weight is 283 g/mol. The fourth-order valence-corrected chi connectivity index (χ4v) is 2.25. The summed E-state index contributed by atoms with van der Waals surface area (Å²) >= 11 is 0. The molecule has 3 rings (SSSR count). The summed E-state index contributed by atoms with van der Waals surface area (Å²) in [4.78, 5) is 2.06. The lowest BCUT2D eigenvalue weighted by molar-refractivity contribution is 0.303. The van der Waals surface area contributed by atoms with Gasteiger partial charge in [-0.1, -0.05) is 17.3 Å². The fourth-order valence-electron chi connectivity index (χ4n) is 2.25. The molecule has 108 valence electrons. The molecule has 0 saturated carbocycles. The van der Waals surface area contributed by atoms with Crippen LogP contribution in [0, 0.1) is 0 Å². The summed E-state index contributed by atoms with van der Waals surface area (Å²) in [7, 11) is 4.03. The molecule has 0 aliphatic heterocycles. The smallest absolute Gasteiger partial charge is 0.154 e. The Morgan fingerprint density at radius 3 is 2.71 bits per heavy atom. The highest BCUT2D eigenvalue weighted by Crippen LogP contribution is 2.18. The molecule has 0 amide bonds. The van der Waals surface area contributed by atoms with Gasteiger partial charge in [0.05, 0.1) is 11.9 Å². The lowest BCUT2D eigenvalue weighted by Crippen LogP contribution is -2.11. The van der Waals surface area contributed by atoms with Gasteiger partial charge in [-0.25, -0.2) is 4.63 Å². The minimum atomic E-state index is 0.751. The van der Waals surface area contributed by atoms with Crippen LogP contribution in [0.3, 0.4) is 0 Å². The van der Waals surface area contributed by atoms with Crippen LogP contribution in [0.15, 0.2) is 39.1 Å². The molecule has 2 aromatic rings. The molecule has 6 nitrogen and oxygen atoms in total. The molecule has 1 aliphatic carbocycles. The fraction of sp³-hybridized carbons (Fsp3) is 0.333. The Balaban J connectivity index is 1.74. The molecule has 0 spiro atoms. The van der Waals surface area contributed by atoms with E-state index >= 15 is 0 Å². The molecule has 0 N–H and O–H groups in total. The van der Waals surface area contributed by atoms with Crippen molar-refractivity contribution < 1.29 is 4.63 Å². The highest BCUT2D eigenvalue weighted by atomic mass is 16.6. The van der Waals surface area contributed by atoms with E-state index in [1.165, 1.54) is 0 Å². The van der Waals surface area contributed by atoms with Crippen LogP contribution in [0.1, 0.15) is 29.8 Å². The highest BCUT2D eigenvalue weighted by Gasteiger charge is 2.20. The van der Waals surface area contributed by atoms with Gasteiger partial charge in [-0.05, 0) is 42.1 Å². The Bertz CT molecular complexity index is 670. The van der Waals surface area contributed by atoms with Crippen molar-refractivity contribution in [3.63, 3.8) is 0 Å². The van der Waals surface area contributed by atoms with Gasteiger partial charge >= 0.3 is 0 Å². The zero-order valence-electron chi connectivity index (χ0n) is 12.2. The first kappa shape index (κ1) is 13.5. The van der Waals surface area contributed by atoms with E-state index in [1.54, 1.807) is 6.21 Å². The van der Waals surface area contributed by atoms with Crippen LogP contribution in [0.2, 0.25) is 0 Å². The second-order valence-electron chi connectivity index (χ2n) is 5.19. The summed E-state index contributed by atoms with van der Waals surface area (Å²) in [6.45, 7) is 0. The maximum atomic E-state index is 4.76. The Morgan fingerprint density at radius 2 is 1.95 bits per heavy atom. The first-order valence-corrected chi connectivity index (χ1v) is 6.93. The van der Waals surface area contributed by atoms with Crippen molar-refractivity contribution in [2.75, 3.05) is 19.0 Å². The summed E-state index contributed by atoms with van der Waals surface area (Å²) in [6.07, 6.45) is 4.51. The third-order valence-corrected chi connectivity index (χ3v) is 3.45. The maximum Gasteiger partial charge on any atom is 0.154 e. The van der Waals surface area contributed by atoms with E-state index in [-0.39, 0.29) is 0 Å². The van der Waals surface area contributed by atoms with E-state index in [4.69, 9.17) is 4.63 Å². The normalized spacial score (nSPS) is 16.4. The van der Waals surface area contributed by atoms with Gasteiger partial charge in [-0.2, -0.15) is 10.2 Å². The van der Waals surface area contributed by atoms with E-state index in [0.29, 0.717) is 0 Å². The van der Waals surface area contributed by atoms with Crippen molar-refractivity contribution in [2.45, 2.75) is 19.3 Å². The van der Waals surface area contributed by atoms with Crippen LogP contribution in [-0.4, -0.2) is 36.3 Å². The number of benzene rings is 1. The van der Waals surface area contributed by atoms with Gasteiger partial charge in [0.1, 0.15) is 5.69 Å². The Kier molecular flexibility index (Phi) is 3.77. The van der Waals surface area contributed by atoms with Gasteiger partial charge in [-0.3, -0.25) is 0 Å². The largest absolute Gasteiger partial charge is 0.378 e. The van der Waals surface area contributed by atoms with E-state index < -0.39 is 0 Å². The molecule has 0 atom stereocenters. The maximum absolute atomic E-state index is 4.76. The third kappa shape index (κ3) is 2.99. The number of aromatic nitrogens is 2. The van der Waals surface area contributed by atoms with Crippen LogP contribution in [0.4, 0.5) is 5.69 Å². The van der Waals surface area contributed by atoms with Gasteiger partial charge in [0.25, 0.3) is 0 Å². The molecule has 0 bridgehead atoms. The molecule has 1 aromatic heterocycles. The summed E-state index contributed by atoms with van der Waals surface area (Å²) in [5.74, 6) is 0. The standard InChI is InChI=1S/C15H17N5O/c1-20(2)12-8-6-11(7-9-12)10-16-17-13-4-3-5-14-15(13)19-21-18-14/h6-10H,3-5H2,1-2H3. The molecule has 0 unspecified atom stereocenters. The van der Waals surface area contributed by atoms with E-state index in [9.17, 15) is 0 Å². The van der Waals surface area contributed by atoms with Gasteiger partial charge in [0, 0.05) is 19.8 Å². The molecule has 0 fully saturated rings. The topological polar surface area (TPSA) is 66.9 Å². The molecule has 6 heteroatoms. The van der Waals surface area contributed by atoms with Gasteiger partial charge in [-0.15, -0.1) is 0 Å². The molecule has 1 heterocycles. The van der Waals surface area contributed by atoms with Crippen molar-refractivity contribution in [2.24, 2.45) is 10.2 Å². The lowest BCUT2D eigenvalue weighted by Gasteiger charge is -2.11. The summed E-state index contributed by atoms with van der Waals surface area (Å²) in [5, 5.41) is 16.2. The molecular formula is C15H17N5O. The predicted molar refractivity (Wildman–Crippen MR) is 82.1 cm³/mol. The number of rotatable bonds is 3. The van der Waals surface area contributed by atoms with Gasteiger partial charge < -0.3 is 4.90 Å². The zero-order valence-corrected chi connectivity index (χ0v) is 12.2. The number of hydrogen-bond acceptors (Lipinski definition) is 6. The van der Waals surface area contributed by atoms with Crippen LogP contribution < -0.4 is 4.90 Å². The summed E-state index contributed by atoms with van der Waals surface area (Å²) in [6, 6.07) is 8.13. The molecule has 1 aromatic carbocycles.